The van der Waals surface area contributed by atoms with Crippen molar-refractivity contribution in [2.24, 2.45) is 0 Å². The third kappa shape index (κ3) is 10.1. The number of anilines is 1. The third-order valence-electron chi connectivity index (χ3n) is 10.9. The lowest BCUT2D eigenvalue weighted by Crippen LogP contribution is -2.19. The van der Waals surface area contributed by atoms with Crippen LogP contribution in [0.1, 0.15) is 158 Å². The molecule has 0 amide bonds. The molecule has 4 nitrogen and oxygen atoms in total. The first kappa shape index (κ1) is 44.4. The third-order valence-corrected chi connectivity index (χ3v) is 12.0. The molecule has 0 bridgehead atoms. The van der Waals surface area contributed by atoms with Crippen molar-refractivity contribution in [2.75, 3.05) is 19.0 Å². The van der Waals surface area contributed by atoms with Gasteiger partial charge in [-0.25, -0.2) is 0 Å². The molecule has 5 heteroatoms. The van der Waals surface area contributed by atoms with Gasteiger partial charge in [-0.05, 0) is 125 Å². The van der Waals surface area contributed by atoms with Crippen LogP contribution < -0.4 is 18.5 Å². The highest BCUT2D eigenvalue weighted by Crippen LogP contribution is 2.51. The van der Waals surface area contributed by atoms with Crippen LogP contribution in [-0.2, 0) is 32.5 Å². The van der Waals surface area contributed by atoms with Crippen LogP contribution in [0, 0.1) is 0 Å². The summed E-state index contributed by atoms with van der Waals surface area (Å²) >= 11 is 0. The summed E-state index contributed by atoms with van der Waals surface area (Å²) in [5.74, 6) is 2.25. The molecule has 0 heterocycles. The number of benzene rings is 5. The maximum absolute atomic E-state index is 7.18. The van der Waals surface area contributed by atoms with Crippen LogP contribution in [0.25, 0.3) is 21.5 Å². The van der Waals surface area contributed by atoms with E-state index in [1.54, 1.807) is 0 Å². The summed E-state index contributed by atoms with van der Waals surface area (Å²) < 4.78 is 21.2. The minimum atomic E-state index is -1.99. The van der Waals surface area contributed by atoms with Crippen LogP contribution in [0.5, 0.6) is 17.2 Å². The number of hydrogen-bond acceptors (Lipinski definition) is 4. The summed E-state index contributed by atoms with van der Waals surface area (Å²) in [5, 5.41) is 4.83. The lowest BCUT2D eigenvalue weighted by molar-refractivity contribution is 0.378. The van der Waals surface area contributed by atoms with Gasteiger partial charge in [0.05, 0.1) is 0 Å². The Balaban J connectivity index is 1.77. The standard InChI is InChI=1S/C52H72NO3P/c1-47(2,3)35-25-33-27-43(51(13,14)15)45(31-39(33)41(29-35)49(7,8)9)55-57(54-38-23-21-37(22-24-38)53(19)20)56-46-32-40-34(28-44(46)52(16,17)18)26-36(48(4,5)6)30-42(40)50(10,11)12/h21-32H,1-20H3. The Morgan fingerprint density at radius 1 is 0.386 bits per heavy atom. The number of rotatable bonds is 7. The molecule has 0 aromatic heterocycles. The van der Waals surface area contributed by atoms with Gasteiger partial charge in [-0.2, -0.15) is 0 Å². The van der Waals surface area contributed by atoms with Gasteiger partial charge in [0.2, 0.25) is 0 Å². The average molecular weight is 790 g/mol. The Bertz CT molecular complexity index is 2110. The zero-order valence-electron chi connectivity index (χ0n) is 39.0. The van der Waals surface area contributed by atoms with Crippen LogP contribution in [0.15, 0.2) is 72.8 Å². The highest BCUT2D eigenvalue weighted by Gasteiger charge is 2.32. The van der Waals surface area contributed by atoms with Crippen molar-refractivity contribution < 1.29 is 13.6 Å². The van der Waals surface area contributed by atoms with Gasteiger partial charge >= 0.3 is 8.60 Å². The smallest absolute Gasteiger partial charge is 0.409 e. The quantitative estimate of drug-likeness (QED) is 0.154. The SMILES string of the molecule is CN(C)c1ccc(OP(Oc2cc3c(C(C)(C)C)cc(C(C)(C)C)cc3cc2C(C)(C)C)Oc2cc3c(C(C)(C)C)cc(C(C)(C)C)cc3cc2C(C)(C)C)cc1. The topological polar surface area (TPSA) is 30.9 Å². The van der Waals surface area contributed by atoms with Crippen molar-refractivity contribution in [3.8, 4) is 17.2 Å². The number of fused-ring (bicyclic) bond motifs is 2. The van der Waals surface area contributed by atoms with Gasteiger partial charge in [0.25, 0.3) is 0 Å². The first-order valence-electron chi connectivity index (χ1n) is 20.7. The fourth-order valence-electron chi connectivity index (χ4n) is 7.32. The summed E-state index contributed by atoms with van der Waals surface area (Å²) in [6.07, 6.45) is 0. The van der Waals surface area contributed by atoms with E-state index < -0.39 is 8.60 Å². The van der Waals surface area contributed by atoms with E-state index in [2.05, 4.69) is 190 Å². The van der Waals surface area contributed by atoms with E-state index in [0.29, 0.717) is 5.75 Å². The molecule has 0 unspecified atom stereocenters. The number of hydrogen-bond donors (Lipinski definition) is 0. The van der Waals surface area contributed by atoms with Crippen LogP contribution in [0.3, 0.4) is 0 Å². The van der Waals surface area contributed by atoms with E-state index in [9.17, 15) is 0 Å². The Labute approximate surface area is 347 Å². The first-order valence-corrected chi connectivity index (χ1v) is 21.8. The van der Waals surface area contributed by atoms with E-state index >= 15 is 0 Å². The molecule has 0 atom stereocenters. The van der Waals surface area contributed by atoms with Crippen LogP contribution >= 0.6 is 8.60 Å². The molecule has 308 valence electrons. The fraction of sp³-hybridized carbons (Fsp3) is 0.500. The monoisotopic (exact) mass is 790 g/mol. The zero-order valence-corrected chi connectivity index (χ0v) is 39.9. The molecule has 0 aliphatic rings. The van der Waals surface area contributed by atoms with Crippen molar-refractivity contribution in [3.05, 3.63) is 106 Å². The molecule has 0 spiro atoms. The summed E-state index contributed by atoms with van der Waals surface area (Å²) in [4.78, 5) is 2.09. The molecule has 0 fully saturated rings. The molecule has 5 aromatic carbocycles. The van der Waals surface area contributed by atoms with Gasteiger partial charge in [-0.15, -0.1) is 0 Å². The predicted molar refractivity (Wildman–Crippen MR) is 250 cm³/mol. The summed E-state index contributed by atoms with van der Waals surface area (Å²) in [7, 11) is 2.10. The summed E-state index contributed by atoms with van der Waals surface area (Å²) in [5.41, 5.74) is 7.99. The predicted octanol–water partition coefficient (Wildman–Crippen LogP) is 15.6. The number of nitrogens with zero attached hydrogens (tertiary/aromatic N) is 1. The Morgan fingerprint density at radius 2 is 0.737 bits per heavy atom. The van der Waals surface area contributed by atoms with E-state index in [-0.39, 0.29) is 32.5 Å². The molecule has 0 aliphatic carbocycles. The molecule has 57 heavy (non-hydrogen) atoms. The van der Waals surface area contributed by atoms with Gasteiger partial charge in [0.1, 0.15) is 17.2 Å². The zero-order chi connectivity index (χ0) is 42.8. The lowest BCUT2D eigenvalue weighted by Gasteiger charge is -2.31. The van der Waals surface area contributed by atoms with E-state index in [4.69, 9.17) is 13.6 Å². The maximum Gasteiger partial charge on any atom is 0.530 e. The molecule has 0 saturated carbocycles. The minimum Gasteiger partial charge on any atom is -0.409 e. The fourth-order valence-corrected chi connectivity index (χ4v) is 8.35. The van der Waals surface area contributed by atoms with Crippen LogP contribution in [0.4, 0.5) is 5.69 Å². The maximum atomic E-state index is 7.18. The van der Waals surface area contributed by atoms with E-state index in [0.717, 1.165) is 28.3 Å². The molecular formula is C52H72NO3P. The summed E-state index contributed by atoms with van der Waals surface area (Å²) in [6, 6.07) is 26.9. The van der Waals surface area contributed by atoms with Crippen molar-refractivity contribution in [2.45, 2.75) is 157 Å². The first-order chi connectivity index (χ1) is 25.8. The highest BCUT2D eigenvalue weighted by molar-refractivity contribution is 7.43. The molecule has 0 N–H and O–H groups in total. The van der Waals surface area contributed by atoms with Gasteiger partial charge in [0.15, 0.2) is 0 Å². The molecule has 5 rings (SSSR count). The molecule has 0 radical (unpaired) electrons. The Hall–Kier alpha value is -3.75. The molecular weight excluding hydrogens is 718 g/mol. The van der Waals surface area contributed by atoms with E-state index in [1.165, 1.54) is 43.8 Å². The van der Waals surface area contributed by atoms with Crippen molar-refractivity contribution >= 4 is 35.8 Å². The minimum absolute atomic E-state index is 0.00910. The second-order valence-electron chi connectivity index (χ2n) is 22.6. The molecule has 0 saturated heterocycles. The van der Waals surface area contributed by atoms with Gasteiger partial charge in [0, 0.05) is 30.9 Å². The van der Waals surface area contributed by atoms with Crippen molar-refractivity contribution in [1.29, 1.82) is 0 Å². The van der Waals surface area contributed by atoms with Crippen LogP contribution in [-0.4, -0.2) is 14.1 Å². The largest absolute Gasteiger partial charge is 0.530 e. The normalized spacial score (nSPS) is 13.4. The van der Waals surface area contributed by atoms with Crippen LogP contribution in [0.2, 0.25) is 0 Å². The van der Waals surface area contributed by atoms with E-state index in [1.807, 2.05) is 26.2 Å². The molecule has 0 aliphatic heterocycles. The highest BCUT2D eigenvalue weighted by atomic mass is 31.2. The van der Waals surface area contributed by atoms with Gasteiger partial charge in [-0.3, -0.25) is 0 Å². The Kier molecular flexibility index (Phi) is 11.8. The Morgan fingerprint density at radius 3 is 1.04 bits per heavy atom. The van der Waals surface area contributed by atoms with Gasteiger partial charge < -0.3 is 18.5 Å². The lowest BCUT2D eigenvalue weighted by atomic mass is 9.76. The summed E-state index contributed by atoms with van der Waals surface area (Å²) in [6.45, 7) is 41.1. The van der Waals surface area contributed by atoms with Gasteiger partial charge in [-0.1, -0.05) is 149 Å². The second kappa shape index (κ2) is 15.1. The molecule has 5 aromatic rings. The average Bonchev–Trinajstić information content (AvgIpc) is 3.04. The van der Waals surface area contributed by atoms with Crippen molar-refractivity contribution in [1.82, 2.24) is 0 Å². The van der Waals surface area contributed by atoms with Crippen molar-refractivity contribution in [3.63, 3.8) is 0 Å². The second-order valence-corrected chi connectivity index (χ2v) is 23.6.